The minimum absolute atomic E-state index is 0.311. The molecule has 0 saturated carbocycles. The van der Waals surface area contributed by atoms with Gasteiger partial charge in [-0.1, -0.05) is 36.4 Å². The van der Waals surface area contributed by atoms with E-state index in [0.29, 0.717) is 24.2 Å². The van der Waals surface area contributed by atoms with E-state index in [2.05, 4.69) is 29.2 Å². The van der Waals surface area contributed by atoms with Crippen LogP contribution in [0.5, 0.6) is 0 Å². The third-order valence-corrected chi connectivity index (χ3v) is 6.40. The van der Waals surface area contributed by atoms with Crippen molar-refractivity contribution in [2.24, 2.45) is 0 Å². The van der Waals surface area contributed by atoms with Gasteiger partial charge in [-0.3, -0.25) is 0 Å². The summed E-state index contributed by atoms with van der Waals surface area (Å²) >= 11 is 0. The molecular formula is C27H23N3O3. The third kappa shape index (κ3) is 3.39. The Morgan fingerprint density at radius 3 is 2.76 bits per heavy atom. The van der Waals surface area contributed by atoms with Gasteiger partial charge in [-0.2, -0.15) is 0 Å². The van der Waals surface area contributed by atoms with Crippen LogP contribution in [0, 0.1) is 0 Å². The van der Waals surface area contributed by atoms with Gasteiger partial charge in [0.25, 0.3) is 0 Å². The molecule has 0 bridgehead atoms. The molecule has 0 radical (unpaired) electrons. The fourth-order valence-electron chi connectivity index (χ4n) is 4.76. The molecular weight excluding hydrogens is 414 g/mol. The van der Waals surface area contributed by atoms with Gasteiger partial charge < -0.3 is 14.1 Å². The second-order valence-electron chi connectivity index (χ2n) is 8.42. The third-order valence-electron chi connectivity index (χ3n) is 6.40. The predicted molar refractivity (Wildman–Crippen MR) is 127 cm³/mol. The molecule has 33 heavy (non-hydrogen) atoms. The first-order chi connectivity index (χ1) is 16.2. The number of aromatic nitrogens is 2. The number of carbonyl (C=O) groups is 1. The zero-order chi connectivity index (χ0) is 22.4. The van der Waals surface area contributed by atoms with Gasteiger partial charge >= 0.3 is 5.97 Å². The summed E-state index contributed by atoms with van der Waals surface area (Å²) in [4.78, 5) is 24.5. The van der Waals surface area contributed by atoms with E-state index in [4.69, 9.17) is 19.1 Å². The Bertz CT molecular complexity index is 1390. The summed E-state index contributed by atoms with van der Waals surface area (Å²) in [5, 5.41) is 1.03. The van der Waals surface area contributed by atoms with Crippen LogP contribution in [0.4, 0.5) is 11.5 Å². The van der Waals surface area contributed by atoms with E-state index in [0.717, 1.165) is 58.9 Å². The summed E-state index contributed by atoms with van der Waals surface area (Å²) in [7, 11) is 1.41. The molecule has 4 aromatic rings. The van der Waals surface area contributed by atoms with Gasteiger partial charge in [-0.25, -0.2) is 14.8 Å². The lowest BCUT2D eigenvalue weighted by Gasteiger charge is -2.32. The van der Waals surface area contributed by atoms with E-state index < -0.39 is 0 Å². The summed E-state index contributed by atoms with van der Waals surface area (Å²) in [6.07, 6.45) is 5.10. The molecule has 6 heteroatoms. The molecule has 0 fully saturated rings. The summed E-state index contributed by atoms with van der Waals surface area (Å²) in [6, 6.07) is 18.4. The second kappa shape index (κ2) is 7.89. The molecule has 0 atom stereocenters. The monoisotopic (exact) mass is 437 g/mol. The minimum atomic E-state index is -0.311. The van der Waals surface area contributed by atoms with Gasteiger partial charge in [0.15, 0.2) is 11.6 Å². The maximum Gasteiger partial charge on any atom is 0.333 e. The molecule has 0 amide bonds. The van der Waals surface area contributed by atoms with Crippen LogP contribution in [0.25, 0.3) is 28.5 Å². The smallest absolute Gasteiger partial charge is 0.333 e. The second-order valence-corrected chi connectivity index (χ2v) is 8.42. The number of fused-ring (bicyclic) bond motifs is 3. The number of methoxy groups -OCH3 is 1. The van der Waals surface area contributed by atoms with Crippen LogP contribution in [0.2, 0.25) is 0 Å². The quantitative estimate of drug-likeness (QED) is 0.396. The molecule has 3 heterocycles. The van der Waals surface area contributed by atoms with Crippen molar-refractivity contribution >= 4 is 34.5 Å². The highest BCUT2D eigenvalue weighted by Crippen LogP contribution is 2.40. The van der Waals surface area contributed by atoms with Crippen LogP contribution in [0.3, 0.4) is 0 Å². The molecule has 0 saturated heterocycles. The van der Waals surface area contributed by atoms with E-state index in [9.17, 15) is 4.79 Å². The van der Waals surface area contributed by atoms with Crippen molar-refractivity contribution in [1.82, 2.24) is 9.97 Å². The SMILES string of the molecule is COC(=O)C1=Cc2nc(N3CCCc4ccccc43)c(-c3cc4ccccc4o3)nc2CC1. The van der Waals surface area contributed by atoms with Gasteiger partial charge in [0.2, 0.25) is 0 Å². The van der Waals surface area contributed by atoms with E-state index in [1.54, 1.807) is 0 Å². The lowest BCUT2D eigenvalue weighted by atomic mass is 9.98. The molecule has 0 unspecified atom stereocenters. The van der Waals surface area contributed by atoms with Crippen LogP contribution in [0.15, 0.2) is 64.6 Å². The van der Waals surface area contributed by atoms with Crippen molar-refractivity contribution in [3.8, 4) is 11.5 Å². The Morgan fingerprint density at radius 2 is 1.88 bits per heavy atom. The van der Waals surface area contributed by atoms with Crippen molar-refractivity contribution in [1.29, 1.82) is 0 Å². The van der Waals surface area contributed by atoms with Crippen LogP contribution in [-0.4, -0.2) is 29.6 Å². The number of para-hydroxylation sites is 2. The van der Waals surface area contributed by atoms with E-state index >= 15 is 0 Å². The maximum atomic E-state index is 12.2. The van der Waals surface area contributed by atoms with Crippen LogP contribution in [0.1, 0.15) is 29.8 Å². The molecule has 6 nitrogen and oxygen atoms in total. The Labute approximate surface area is 191 Å². The number of anilines is 2. The largest absolute Gasteiger partial charge is 0.466 e. The minimum Gasteiger partial charge on any atom is -0.466 e. The summed E-state index contributed by atoms with van der Waals surface area (Å²) < 4.78 is 11.2. The number of benzene rings is 2. The number of hydrogen-bond acceptors (Lipinski definition) is 6. The van der Waals surface area contributed by atoms with E-state index in [-0.39, 0.29) is 5.97 Å². The number of furan rings is 1. The lowest BCUT2D eigenvalue weighted by molar-refractivity contribution is -0.136. The van der Waals surface area contributed by atoms with Gasteiger partial charge in [0.05, 0.1) is 18.5 Å². The molecule has 0 spiro atoms. The summed E-state index contributed by atoms with van der Waals surface area (Å²) in [5.74, 6) is 1.14. The summed E-state index contributed by atoms with van der Waals surface area (Å²) in [6.45, 7) is 0.839. The molecule has 6 rings (SSSR count). The van der Waals surface area contributed by atoms with Crippen molar-refractivity contribution < 1.29 is 13.9 Å². The molecule has 164 valence electrons. The highest BCUT2D eigenvalue weighted by Gasteiger charge is 2.28. The van der Waals surface area contributed by atoms with Crippen LogP contribution in [-0.2, 0) is 22.4 Å². The Morgan fingerprint density at radius 1 is 1.03 bits per heavy atom. The van der Waals surface area contributed by atoms with Crippen molar-refractivity contribution in [3.63, 3.8) is 0 Å². The van der Waals surface area contributed by atoms with Crippen LogP contribution >= 0.6 is 0 Å². The number of nitrogens with zero attached hydrogens (tertiary/aromatic N) is 3. The maximum absolute atomic E-state index is 12.2. The fraction of sp³-hybridized carbons (Fsp3) is 0.222. The predicted octanol–water partition coefficient (Wildman–Crippen LogP) is 5.48. The topological polar surface area (TPSA) is 68.5 Å². The lowest BCUT2D eigenvalue weighted by Crippen LogP contribution is -2.27. The van der Waals surface area contributed by atoms with Crippen molar-refractivity contribution in [2.45, 2.75) is 25.7 Å². The zero-order valence-corrected chi connectivity index (χ0v) is 18.4. The first-order valence-electron chi connectivity index (χ1n) is 11.3. The molecule has 2 aromatic carbocycles. The molecule has 2 aliphatic rings. The molecule has 1 aliphatic carbocycles. The number of ether oxygens (including phenoxy) is 1. The number of hydrogen-bond donors (Lipinski definition) is 0. The van der Waals surface area contributed by atoms with Gasteiger partial charge in [-0.15, -0.1) is 0 Å². The Balaban J connectivity index is 1.56. The average molecular weight is 437 g/mol. The molecule has 1 aliphatic heterocycles. The first kappa shape index (κ1) is 19.7. The zero-order valence-electron chi connectivity index (χ0n) is 18.4. The van der Waals surface area contributed by atoms with Gasteiger partial charge in [0.1, 0.15) is 11.3 Å². The van der Waals surface area contributed by atoms with Crippen molar-refractivity contribution in [3.05, 3.63) is 77.1 Å². The van der Waals surface area contributed by atoms with Crippen LogP contribution < -0.4 is 4.90 Å². The molecule has 2 aromatic heterocycles. The van der Waals surface area contributed by atoms with Crippen molar-refractivity contribution in [2.75, 3.05) is 18.6 Å². The number of esters is 1. The number of aryl methyl sites for hydroxylation is 2. The van der Waals surface area contributed by atoms with Gasteiger partial charge in [-0.05, 0) is 55.5 Å². The number of rotatable bonds is 3. The molecule has 0 N–H and O–H groups in total. The fourth-order valence-corrected chi connectivity index (χ4v) is 4.76. The highest BCUT2D eigenvalue weighted by atomic mass is 16.5. The van der Waals surface area contributed by atoms with Gasteiger partial charge in [0, 0.05) is 23.2 Å². The summed E-state index contributed by atoms with van der Waals surface area (Å²) in [5.41, 5.74) is 6.21. The van der Waals surface area contributed by atoms with E-state index in [1.165, 1.54) is 12.7 Å². The normalized spacial score (nSPS) is 15.1. The highest BCUT2D eigenvalue weighted by molar-refractivity contribution is 5.94. The number of carbonyl (C=O) groups excluding carboxylic acids is 1. The Hall–Kier alpha value is -3.93. The first-order valence-corrected chi connectivity index (χ1v) is 11.3. The van der Waals surface area contributed by atoms with E-state index in [1.807, 2.05) is 36.4 Å². The Kier molecular flexibility index (Phi) is 4.72. The standard InChI is InChI=1S/C27H23N3O3/c1-32-27(31)19-12-13-20-21(15-19)29-26(30-14-6-9-17-7-2-4-10-22(17)30)25(28-20)24-16-18-8-3-5-11-23(18)33-24/h2-5,7-8,10-11,15-16H,6,9,12-14H2,1H3. The average Bonchev–Trinajstić information content (AvgIpc) is 3.31.